The van der Waals surface area contributed by atoms with Gasteiger partial charge >= 0.3 is 0 Å². The molecule has 0 aliphatic carbocycles. The first kappa shape index (κ1) is 14.7. The number of hydrogen-bond acceptors (Lipinski definition) is 5. The van der Waals surface area contributed by atoms with E-state index in [0.717, 1.165) is 5.56 Å². The van der Waals surface area contributed by atoms with Gasteiger partial charge in [0.15, 0.2) is 12.6 Å². The van der Waals surface area contributed by atoms with E-state index in [2.05, 4.69) is 22.6 Å². The van der Waals surface area contributed by atoms with Crippen LogP contribution in [0.5, 0.6) is 0 Å². The minimum atomic E-state index is -0.644. The lowest BCUT2D eigenvalue weighted by Crippen LogP contribution is -2.60. The first-order valence-corrected chi connectivity index (χ1v) is 7.77. The van der Waals surface area contributed by atoms with Gasteiger partial charge in [0.25, 0.3) is 0 Å². The van der Waals surface area contributed by atoms with Crippen LogP contribution in [-0.2, 0) is 18.9 Å². The molecular formula is C14H17IO5. The van der Waals surface area contributed by atoms with Gasteiger partial charge in [-0.15, -0.1) is 0 Å². The summed E-state index contributed by atoms with van der Waals surface area (Å²) in [6, 6.07) is 9.70. The fourth-order valence-corrected chi connectivity index (χ4v) is 3.40. The van der Waals surface area contributed by atoms with Crippen LogP contribution >= 0.6 is 22.6 Å². The van der Waals surface area contributed by atoms with Crippen LogP contribution in [0.15, 0.2) is 30.3 Å². The molecule has 0 radical (unpaired) electrons. The molecule has 6 heteroatoms. The fourth-order valence-electron chi connectivity index (χ4n) is 2.52. The van der Waals surface area contributed by atoms with Crippen LogP contribution in [-0.4, -0.2) is 47.3 Å². The molecule has 5 nitrogen and oxygen atoms in total. The molecule has 0 bridgehead atoms. The van der Waals surface area contributed by atoms with Crippen molar-refractivity contribution in [2.75, 3.05) is 13.7 Å². The van der Waals surface area contributed by atoms with E-state index < -0.39 is 24.8 Å². The summed E-state index contributed by atoms with van der Waals surface area (Å²) < 4.78 is 22.4. The number of fused-ring (bicyclic) bond motifs is 1. The van der Waals surface area contributed by atoms with Crippen LogP contribution < -0.4 is 0 Å². The van der Waals surface area contributed by atoms with Gasteiger partial charge in [-0.3, -0.25) is 0 Å². The SMILES string of the molecule is CO[C@H]1O[C@@H]2CO[C@@H](c3ccccc3)O[C@H]2[C@H](O)[C@@H]1I. The lowest BCUT2D eigenvalue weighted by atomic mass is 10.0. The zero-order valence-corrected chi connectivity index (χ0v) is 13.2. The molecule has 2 saturated heterocycles. The van der Waals surface area contributed by atoms with Crippen molar-refractivity contribution < 1.29 is 24.1 Å². The van der Waals surface area contributed by atoms with E-state index in [1.54, 1.807) is 7.11 Å². The fraction of sp³-hybridized carbons (Fsp3) is 0.571. The zero-order valence-electron chi connectivity index (χ0n) is 11.0. The largest absolute Gasteiger partial charge is 0.389 e. The molecule has 2 aliphatic rings. The summed E-state index contributed by atoms with van der Waals surface area (Å²) in [6.45, 7) is 0.379. The molecule has 0 spiro atoms. The van der Waals surface area contributed by atoms with E-state index in [4.69, 9.17) is 18.9 Å². The highest BCUT2D eigenvalue weighted by Crippen LogP contribution is 2.36. The molecule has 2 heterocycles. The van der Waals surface area contributed by atoms with Crippen LogP contribution in [0.4, 0.5) is 0 Å². The van der Waals surface area contributed by atoms with Crippen molar-refractivity contribution in [2.45, 2.75) is 34.8 Å². The van der Waals surface area contributed by atoms with E-state index in [0.29, 0.717) is 6.61 Å². The summed E-state index contributed by atoms with van der Waals surface area (Å²) in [4.78, 5) is 0. The summed E-state index contributed by atoms with van der Waals surface area (Å²) in [5, 5.41) is 10.4. The normalized spacial score (nSPS) is 41.1. The standard InChI is InChI=1S/C14H17IO5/c1-17-14-10(15)11(16)12-9(19-14)7-18-13(20-12)8-5-3-2-4-6-8/h2-6,9-14,16H,7H2,1H3/t9-,10+,11-,12-,13-,14+/m1/s1. The van der Waals surface area contributed by atoms with Crippen molar-refractivity contribution >= 4 is 22.6 Å². The molecule has 0 amide bonds. The predicted molar refractivity (Wildman–Crippen MR) is 79.5 cm³/mol. The highest BCUT2D eigenvalue weighted by molar-refractivity contribution is 14.1. The molecule has 0 unspecified atom stereocenters. The summed E-state index contributed by atoms with van der Waals surface area (Å²) in [5.74, 6) is 0. The van der Waals surface area contributed by atoms with Crippen molar-refractivity contribution in [3.63, 3.8) is 0 Å². The summed E-state index contributed by atoms with van der Waals surface area (Å²) in [5.41, 5.74) is 0.942. The number of methoxy groups -OCH3 is 1. The maximum absolute atomic E-state index is 10.4. The molecule has 0 saturated carbocycles. The second-order valence-corrected chi connectivity index (χ2v) is 6.33. The summed E-state index contributed by atoms with van der Waals surface area (Å²) in [6.07, 6.45) is -2.25. The van der Waals surface area contributed by atoms with E-state index >= 15 is 0 Å². The highest BCUT2D eigenvalue weighted by Gasteiger charge is 2.48. The number of rotatable bonds is 2. The Hall–Kier alpha value is -0.250. The number of ether oxygens (including phenoxy) is 4. The Bertz CT molecular complexity index is 440. The van der Waals surface area contributed by atoms with Crippen molar-refractivity contribution in [2.24, 2.45) is 0 Å². The third-order valence-electron chi connectivity index (χ3n) is 3.59. The number of halogens is 1. The predicted octanol–water partition coefficient (Wildman–Crippen LogP) is 1.64. The number of benzene rings is 1. The van der Waals surface area contributed by atoms with Crippen molar-refractivity contribution in [3.05, 3.63) is 35.9 Å². The Balaban J connectivity index is 1.74. The molecule has 110 valence electrons. The van der Waals surface area contributed by atoms with Gasteiger partial charge in [-0.1, -0.05) is 52.9 Å². The smallest absolute Gasteiger partial charge is 0.184 e. The topological polar surface area (TPSA) is 57.2 Å². The van der Waals surface area contributed by atoms with Gasteiger partial charge in [-0.25, -0.2) is 0 Å². The molecule has 6 atom stereocenters. The van der Waals surface area contributed by atoms with Gasteiger partial charge < -0.3 is 24.1 Å². The Morgan fingerprint density at radius 3 is 2.70 bits per heavy atom. The van der Waals surface area contributed by atoms with Gasteiger partial charge in [0.05, 0.1) is 16.6 Å². The molecule has 1 aromatic rings. The zero-order chi connectivity index (χ0) is 14.1. The lowest BCUT2D eigenvalue weighted by Gasteiger charge is -2.46. The average Bonchev–Trinajstić information content (AvgIpc) is 2.51. The Labute approximate surface area is 131 Å². The Morgan fingerprint density at radius 1 is 1.25 bits per heavy atom. The van der Waals surface area contributed by atoms with Crippen LogP contribution in [0.3, 0.4) is 0 Å². The van der Waals surface area contributed by atoms with Gasteiger partial charge in [0.1, 0.15) is 12.2 Å². The van der Waals surface area contributed by atoms with Gasteiger partial charge in [0, 0.05) is 12.7 Å². The molecule has 20 heavy (non-hydrogen) atoms. The molecule has 3 rings (SSSR count). The first-order valence-electron chi connectivity index (χ1n) is 6.53. The summed E-state index contributed by atoms with van der Waals surface area (Å²) in [7, 11) is 1.57. The minimum absolute atomic E-state index is 0.173. The number of aliphatic hydroxyl groups excluding tert-OH is 1. The van der Waals surface area contributed by atoms with E-state index in [9.17, 15) is 5.11 Å². The number of hydrogen-bond donors (Lipinski definition) is 1. The van der Waals surface area contributed by atoms with Gasteiger partial charge in [-0.2, -0.15) is 0 Å². The monoisotopic (exact) mass is 392 g/mol. The molecule has 1 aromatic carbocycles. The van der Waals surface area contributed by atoms with Gasteiger partial charge in [-0.05, 0) is 0 Å². The Morgan fingerprint density at radius 2 is 2.00 bits per heavy atom. The van der Waals surface area contributed by atoms with E-state index in [1.807, 2.05) is 30.3 Å². The van der Waals surface area contributed by atoms with E-state index in [1.165, 1.54) is 0 Å². The third-order valence-corrected chi connectivity index (χ3v) is 4.92. The van der Waals surface area contributed by atoms with Crippen LogP contribution in [0.25, 0.3) is 0 Å². The molecule has 1 N–H and O–H groups in total. The minimum Gasteiger partial charge on any atom is -0.389 e. The maximum Gasteiger partial charge on any atom is 0.184 e. The van der Waals surface area contributed by atoms with Crippen molar-refractivity contribution in [1.29, 1.82) is 0 Å². The van der Waals surface area contributed by atoms with Crippen LogP contribution in [0.2, 0.25) is 0 Å². The highest BCUT2D eigenvalue weighted by atomic mass is 127. The number of alkyl halides is 1. The van der Waals surface area contributed by atoms with Crippen LogP contribution in [0, 0.1) is 0 Å². The lowest BCUT2D eigenvalue weighted by molar-refractivity contribution is -0.330. The summed E-state index contributed by atoms with van der Waals surface area (Å²) >= 11 is 2.13. The van der Waals surface area contributed by atoms with E-state index in [-0.39, 0.29) is 10.0 Å². The van der Waals surface area contributed by atoms with Crippen molar-refractivity contribution in [3.8, 4) is 0 Å². The van der Waals surface area contributed by atoms with Gasteiger partial charge in [0.2, 0.25) is 0 Å². The van der Waals surface area contributed by atoms with Crippen molar-refractivity contribution in [1.82, 2.24) is 0 Å². The number of aliphatic hydroxyl groups is 1. The molecule has 2 fully saturated rings. The second kappa shape index (κ2) is 6.25. The van der Waals surface area contributed by atoms with Crippen LogP contribution in [0.1, 0.15) is 11.9 Å². The first-order chi connectivity index (χ1) is 9.70. The second-order valence-electron chi connectivity index (χ2n) is 4.89. The molecular weight excluding hydrogens is 375 g/mol. The average molecular weight is 392 g/mol. The quantitative estimate of drug-likeness (QED) is 0.613. The molecule has 0 aromatic heterocycles. The molecule has 2 aliphatic heterocycles. The Kier molecular flexibility index (Phi) is 4.58. The maximum atomic E-state index is 10.4. The third kappa shape index (κ3) is 2.72.